The molecule has 18 heavy (non-hydrogen) atoms. The van der Waals surface area contributed by atoms with Crippen molar-refractivity contribution in [1.29, 1.82) is 0 Å². The van der Waals surface area contributed by atoms with Gasteiger partial charge in [-0.05, 0) is 43.9 Å². The van der Waals surface area contributed by atoms with Gasteiger partial charge in [0.25, 0.3) is 5.91 Å². The van der Waals surface area contributed by atoms with Crippen molar-refractivity contribution in [3.05, 3.63) is 29.8 Å². The molecule has 0 radical (unpaired) electrons. The van der Waals surface area contributed by atoms with E-state index < -0.39 is 0 Å². The first-order valence-corrected chi connectivity index (χ1v) is 6.30. The predicted molar refractivity (Wildman–Crippen MR) is 70.4 cm³/mol. The topological polar surface area (TPSA) is 64.3 Å². The Morgan fingerprint density at radius 2 is 2.06 bits per heavy atom. The minimum absolute atomic E-state index is 0.0592. The van der Waals surface area contributed by atoms with Gasteiger partial charge in [0, 0.05) is 6.54 Å². The van der Waals surface area contributed by atoms with Crippen LogP contribution in [-0.2, 0) is 4.79 Å². The lowest BCUT2D eigenvalue weighted by molar-refractivity contribution is -0.123. The van der Waals surface area contributed by atoms with Crippen LogP contribution in [0.1, 0.15) is 18.4 Å². The third kappa shape index (κ3) is 3.47. The van der Waals surface area contributed by atoms with E-state index >= 15 is 0 Å². The number of hydrogen-bond donors (Lipinski definition) is 2. The molecule has 1 saturated carbocycles. The zero-order valence-corrected chi connectivity index (χ0v) is 10.7. The molecule has 4 nitrogen and oxygen atoms in total. The molecule has 4 heteroatoms. The first-order chi connectivity index (χ1) is 8.63. The molecule has 3 N–H and O–H groups in total. The van der Waals surface area contributed by atoms with Crippen LogP contribution < -0.4 is 15.8 Å². The molecule has 0 bridgehead atoms. The van der Waals surface area contributed by atoms with Crippen LogP contribution in [0.3, 0.4) is 0 Å². The molecular weight excluding hydrogens is 228 g/mol. The van der Waals surface area contributed by atoms with E-state index in [-0.39, 0.29) is 17.9 Å². The van der Waals surface area contributed by atoms with Gasteiger partial charge in [-0.25, -0.2) is 0 Å². The molecule has 0 heterocycles. The van der Waals surface area contributed by atoms with Gasteiger partial charge in [0.15, 0.2) is 6.61 Å². The summed E-state index contributed by atoms with van der Waals surface area (Å²) in [5, 5.41) is 2.87. The van der Waals surface area contributed by atoms with Crippen molar-refractivity contribution in [2.75, 3.05) is 19.7 Å². The number of ether oxygens (including phenoxy) is 1. The molecule has 0 unspecified atom stereocenters. The van der Waals surface area contributed by atoms with Crippen molar-refractivity contribution in [2.45, 2.75) is 19.8 Å². The van der Waals surface area contributed by atoms with Crippen LogP contribution in [0.4, 0.5) is 0 Å². The van der Waals surface area contributed by atoms with E-state index in [0.29, 0.717) is 13.1 Å². The van der Waals surface area contributed by atoms with Gasteiger partial charge in [-0.3, -0.25) is 4.79 Å². The van der Waals surface area contributed by atoms with Gasteiger partial charge in [-0.15, -0.1) is 0 Å². The van der Waals surface area contributed by atoms with Gasteiger partial charge in [0.05, 0.1) is 0 Å². The van der Waals surface area contributed by atoms with E-state index in [1.165, 1.54) is 5.56 Å². The summed E-state index contributed by atoms with van der Waals surface area (Å²) in [7, 11) is 0. The summed E-state index contributed by atoms with van der Waals surface area (Å²) in [5.74, 6) is 0.631. The minimum atomic E-state index is -0.0877. The van der Waals surface area contributed by atoms with Gasteiger partial charge >= 0.3 is 0 Å². The molecule has 1 fully saturated rings. The molecule has 1 aliphatic rings. The first-order valence-electron chi connectivity index (χ1n) is 6.30. The van der Waals surface area contributed by atoms with Gasteiger partial charge in [0.1, 0.15) is 5.75 Å². The number of rotatable bonds is 6. The zero-order valence-electron chi connectivity index (χ0n) is 10.7. The fourth-order valence-corrected chi connectivity index (χ4v) is 1.75. The maximum atomic E-state index is 11.6. The fraction of sp³-hybridized carbons (Fsp3) is 0.500. The van der Waals surface area contributed by atoms with E-state index in [1.807, 2.05) is 31.2 Å². The molecule has 0 aliphatic heterocycles. The van der Waals surface area contributed by atoms with Crippen molar-refractivity contribution in [1.82, 2.24) is 5.32 Å². The first kappa shape index (κ1) is 12.9. The summed E-state index contributed by atoms with van der Waals surface area (Å²) in [6, 6.07) is 7.65. The zero-order chi connectivity index (χ0) is 13.0. The van der Waals surface area contributed by atoms with Crippen molar-refractivity contribution in [2.24, 2.45) is 11.1 Å². The quantitative estimate of drug-likeness (QED) is 0.796. The Bertz CT molecular complexity index is 410. The molecule has 0 atom stereocenters. The van der Waals surface area contributed by atoms with E-state index in [0.717, 1.165) is 18.6 Å². The van der Waals surface area contributed by atoms with E-state index in [2.05, 4.69) is 5.32 Å². The monoisotopic (exact) mass is 248 g/mol. The molecule has 1 aliphatic carbocycles. The molecule has 0 aromatic heterocycles. The van der Waals surface area contributed by atoms with Gasteiger partial charge in [-0.1, -0.05) is 17.7 Å². The van der Waals surface area contributed by atoms with Crippen molar-refractivity contribution in [3.63, 3.8) is 0 Å². The molecule has 2 rings (SSSR count). The summed E-state index contributed by atoms with van der Waals surface area (Å²) in [4.78, 5) is 11.6. The Morgan fingerprint density at radius 3 is 2.61 bits per heavy atom. The predicted octanol–water partition coefficient (Wildman–Crippen LogP) is 1.23. The van der Waals surface area contributed by atoms with Gasteiger partial charge in [0.2, 0.25) is 0 Å². The van der Waals surface area contributed by atoms with Crippen LogP contribution in [0.2, 0.25) is 0 Å². The highest BCUT2D eigenvalue weighted by atomic mass is 16.5. The summed E-state index contributed by atoms with van der Waals surface area (Å²) in [5.41, 5.74) is 6.99. The summed E-state index contributed by atoms with van der Waals surface area (Å²) in [6.45, 7) is 3.38. The smallest absolute Gasteiger partial charge is 0.257 e. The van der Waals surface area contributed by atoms with Crippen LogP contribution in [0.5, 0.6) is 5.75 Å². The lowest BCUT2D eigenvalue weighted by atomic mass is 10.1. The lowest BCUT2D eigenvalue weighted by Crippen LogP contribution is -2.36. The average molecular weight is 248 g/mol. The van der Waals surface area contributed by atoms with Crippen molar-refractivity contribution in [3.8, 4) is 5.75 Å². The SMILES string of the molecule is Cc1ccc(OCC(=O)NCC2(CN)CC2)cc1. The van der Waals surface area contributed by atoms with Crippen LogP contribution in [0.15, 0.2) is 24.3 Å². The highest BCUT2D eigenvalue weighted by molar-refractivity contribution is 5.77. The molecular formula is C14H20N2O2. The Balaban J connectivity index is 1.70. The summed E-state index contributed by atoms with van der Waals surface area (Å²) < 4.78 is 5.40. The molecule has 1 aromatic rings. The Hall–Kier alpha value is -1.55. The Kier molecular flexibility index (Phi) is 3.87. The maximum Gasteiger partial charge on any atom is 0.257 e. The van der Waals surface area contributed by atoms with Crippen LogP contribution in [0, 0.1) is 12.3 Å². The van der Waals surface area contributed by atoms with E-state index in [1.54, 1.807) is 0 Å². The summed E-state index contributed by atoms with van der Waals surface area (Å²) in [6.07, 6.45) is 2.23. The standard InChI is InChI=1S/C14H20N2O2/c1-11-2-4-12(5-3-11)18-8-13(17)16-10-14(9-15)6-7-14/h2-5H,6-10,15H2,1H3,(H,16,17). The minimum Gasteiger partial charge on any atom is -0.484 e. The highest BCUT2D eigenvalue weighted by Gasteiger charge is 2.41. The second-order valence-corrected chi connectivity index (χ2v) is 5.08. The molecule has 1 aromatic carbocycles. The third-order valence-corrected chi connectivity index (χ3v) is 3.44. The Labute approximate surface area is 108 Å². The lowest BCUT2D eigenvalue weighted by Gasteiger charge is -2.13. The Morgan fingerprint density at radius 1 is 1.39 bits per heavy atom. The second kappa shape index (κ2) is 5.40. The highest BCUT2D eigenvalue weighted by Crippen LogP contribution is 2.43. The molecule has 1 amide bonds. The van der Waals surface area contributed by atoms with Crippen molar-refractivity contribution >= 4 is 5.91 Å². The number of carbonyl (C=O) groups is 1. The number of nitrogens with two attached hydrogens (primary N) is 1. The number of nitrogens with one attached hydrogen (secondary N) is 1. The maximum absolute atomic E-state index is 11.6. The number of benzene rings is 1. The fourth-order valence-electron chi connectivity index (χ4n) is 1.75. The van der Waals surface area contributed by atoms with Crippen LogP contribution >= 0.6 is 0 Å². The van der Waals surface area contributed by atoms with Crippen LogP contribution in [0.25, 0.3) is 0 Å². The number of aryl methyl sites for hydroxylation is 1. The van der Waals surface area contributed by atoms with Crippen LogP contribution in [-0.4, -0.2) is 25.6 Å². The molecule has 98 valence electrons. The van der Waals surface area contributed by atoms with E-state index in [9.17, 15) is 4.79 Å². The van der Waals surface area contributed by atoms with E-state index in [4.69, 9.17) is 10.5 Å². The normalized spacial score (nSPS) is 16.1. The molecule has 0 saturated heterocycles. The average Bonchev–Trinajstić information content (AvgIpc) is 3.16. The molecule has 0 spiro atoms. The third-order valence-electron chi connectivity index (χ3n) is 3.44. The largest absolute Gasteiger partial charge is 0.484 e. The second-order valence-electron chi connectivity index (χ2n) is 5.08. The number of hydrogen-bond acceptors (Lipinski definition) is 3. The van der Waals surface area contributed by atoms with Crippen molar-refractivity contribution < 1.29 is 9.53 Å². The van der Waals surface area contributed by atoms with Gasteiger partial charge in [-0.2, -0.15) is 0 Å². The summed E-state index contributed by atoms with van der Waals surface area (Å²) >= 11 is 0. The van der Waals surface area contributed by atoms with Gasteiger partial charge < -0.3 is 15.8 Å². The number of carbonyl (C=O) groups excluding carboxylic acids is 1. The number of amides is 1.